The van der Waals surface area contributed by atoms with Crippen molar-refractivity contribution in [2.45, 2.75) is 32.0 Å². The fraction of sp³-hybridized carbons (Fsp3) is 0.273. The Morgan fingerprint density at radius 2 is 1.67 bits per heavy atom. The second-order valence-electron chi connectivity index (χ2n) is 6.79. The van der Waals surface area contributed by atoms with Crippen LogP contribution in [0.25, 0.3) is 0 Å². The molecule has 0 aliphatic carbocycles. The number of thioether (sulfide) groups is 1. The van der Waals surface area contributed by atoms with Crippen molar-refractivity contribution in [2.75, 3.05) is 23.0 Å². The predicted molar refractivity (Wildman–Crippen MR) is 131 cm³/mol. The molecule has 0 atom stereocenters. The van der Waals surface area contributed by atoms with E-state index in [1.165, 1.54) is 11.8 Å². The second kappa shape index (κ2) is 11.9. The van der Waals surface area contributed by atoms with Crippen molar-refractivity contribution in [3.05, 3.63) is 58.3 Å². The standard InChI is InChI=1S/C22H23Cl2N5O3S/c1-3-29-19(12-20(30)26-15-7-10-17(23)18(24)11-15)27-28-22(29)33-13-21(31)25-14-5-8-16(9-6-14)32-4-2/h5-11H,3-4,12-13H2,1-2H3,(H,25,31)(H,26,30). The average molecular weight is 508 g/mol. The van der Waals surface area contributed by atoms with Crippen LogP contribution < -0.4 is 15.4 Å². The molecule has 0 radical (unpaired) electrons. The first kappa shape index (κ1) is 24.9. The van der Waals surface area contributed by atoms with Crippen molar-refractivity contribution in [3.8, 4) is 5.75 Å². The van der Waals surface area contributed by atoms with Gasteiger partial charge in [0.05, 0.1) is 28.8 Å². The lowest BCUT2D eigenvalue weighted by Gasteiger charge is -2.09. The summed E-state index contributed by atoms with van der Waals surface area (Å²) in [6, 6.07) is 12.0. The molecule has 0 saturated carbocycles. The van der Waals surface area contributed by atoms with Gasteiger partial charge < -0.3 is 19.9 Å². The van der Waals surface area contributed by atoms with Crippen LogP contribution in [0, 0.1) is 0 Å². The van der Waals surface area contributed by atoms with Gasteiger partial charge in [0, 0.05) is 17.9 Å². The van der Waals surface area contributed by atoms with Gasteiger partial charge in [0.25, 0.3) is 0 Å². The summed E-state index contributed by atoms with van der Waals surface area (Å²) < 4.78 is 7.20. The van der Waals surface area contributed by atoms with Crippen LogP contribution in [0.5, 0.6) is 5.75 Å². The summed E-state index contributed by atoms with van der Waals surface area (Å²) in [7, 11) is 0. The molecule has 0 aliphatic rings. The van der Waals surface area contributed by atoms with E-state index in [-0.39, 0.29) is 24.0 Å². The van der Waals surface area contributed by atoms with Crippen LogP contribution in [0.3, 0.4) is 0 Å². The number of hydrogen-bond donors (Lipinski definition) is 2. The maximum Gasteiger partial charge on any atom is 0.234 e. The van der Waals surface area contributed by atoms with E-state index in [1.54, 1.807) is 42.5 Å². The van der Waals surface area contributed by atoms with Crippen LogP contribution >= 0.6 is 35.0 Å². The van der Waals surface area contributed by atoms with E-state index in [0.717, 1.165) is 5.75 Å². The Hall–Kier alpha value is -2.75. The molecule has 0 fully saturated rings. The summed E-state index contributed by atoms with van der Waals surface area (Å²) in [5, 5.41) is 15.2. The van der Waals surface area contributed by atoms with E-state index in [2.05, 4.69) is 20.8 Å². The quantitative estimate of drug-likeness (QED) is 0.378. The van der Waals surface area contributed by atoms with E-state index < -0.39 is 0 Å². The molecule has 0 saturated heterocycles. The summed E-state index contributed by atoms with van der Waals surface area (Å²) in [4.78, 5) is 24.8. The number of anilines is 2. The van der Waals surface area contributed by atoms with Gasteiger partial charge in [-0.3, -0.25) is 9.59 Å². The number of halogens is 2. The number of hydrogen-bond acceptors (Lipinski definition) is 6. The highest BCUT2D eigenvalue weighted by molar-refractivity contribution is 7.99. The minimum atomic E-state index is -0.264. The molecule has 1 heterocycles. The summed E-state index contributed by atoms with van der Waals surface area (Å²) in [6.45, 7) is 4.98. The lowest BCUT2D eigenvalue weighted by molar-refractivity contribution is -0.116. The molecule has 0 bridgehead atoms. The zero-order chi connectivity index (χ0) is 23.8. The van der Waals surface area contributed by atoms with Crippen molar-refractivity contribution >= 4 is 58.2 Å². The Balaban J connectivity index is 1.55. The van der Waals surface area contributed by atoms with Crippen LogP contribution in [0.15, 0.2) is 47.6 Å². The van der Waals surface area contributed by atoms with Crippen molar-refractivity contribution in [1.82, 2.24) is 14.8 Å². The molecule has 11 heteroatoms. The van der Waals surface area contributed by atoms with Crippen molar-refractivity contribution in [3.63, 3.8) is 0 Å². The molecular weight excluding hydrogens is 485 g/mol. The summed E-state index contributed by atoms with van der Waals surface area (Å²) in [6.07, 6.45) is 0.0278. The number of carbonyl (C=O) groups excluding carboxylic acids is 2. The van der Waals surface area contributed by atoms with E-state index >= 15 is 0 Å². The monoisotopic (exact) mass is 507 g/mol. The van der Waals surface area contributed by atoms with Crippen molar-refractivity contribution in [1.29, 1.82) is 0 Å². The van der Waals surface area contributed by atoms with Gasteiger partial charge in [-0.25, -0.2) is 0 Å². The molecule has 0 aliphatic heterocycles. The lowest BCUT2D eigenvalue weighted by atomic mass is 10.3. The van der Waals surface area contributed by atoms with Gasteiger partial charge in [0.15, 0.2) is 5.16 Å². The molecule has 2 N–H and O–H groups in total. The molecule has 0 spiro atoms. The van der Waals surface area contributed by atoms with Gasteiger partial charge in [0.1, 0.15) is 11.6 Å². The third kappa shape index (κ3) is 7.12. The number of benzene rings is 2. The largest absolute Gasteiger partial charge is 0.494 e. The molecule has 1 aromatic heterocycles. The number of rotatable bonds is 10. The summed E-state index contributed by atoms with van der Waals surface area (Å²) >= 11 is 13.1. The highest BCUT2D eigenvalue weighted by Gasteiger charge is 2.16. The summed E-state index contributed by atoms with van der Waals surface area (Å²) in [5.74, 6) is 0.969. The molecule has 3 aromatic rings. The number of aromatic nitrogens is 3. The third-order valence-corrected chi connectivity index (χ3v) is 6.12. The minimum Gasteiger partial charge on any atom is -0.494 e. The Kier molecular flexibility index (Phi) is 8.99. The van der Waals surface area contributed by atoms with E-state index in [4.69, 9.17) is 27.9 Å². The van der Waals surface area contributed by atoms with Gasteiger partial charge >= 0.3 is 0 Å². The Morgan fingerprint density at radius 1 is 0.970 bits per heavy atom. The molecular formula is C22H23Cl2N5O3S. The van der Waals surface area contributed by atoms with Crippen LogP contribution in [0.2, 0.25) is 10.0 Å². The lowest BCUT2D eigenvalue weighted by Crippen LogP contribution is -2.18. The van der Waals surface area contributed by atoms with Crippen LogP contribution in [0.1, 0.15) is 19.7 Å². The predicted octanol–water partition coefficient (Wildman–Crippen LogP) is 4.92. The number of ether oxygens (including phenoxy) is 1. The molecule has 174 valence electrons. The zero-order valence-corrected chi connectivity index (χ0v) is 20.4. The fourth-order valence-electron chi connectivity index (χ4n) is 2.93. The van der Waals surface area contributed by atoms with E-state index in [1.807, 2.05) is 18.4 Å². The molecule has 8 nitrogen and oxygen atoms in total. The van der Waals surface area contributed by atoms with Gasteiger partial charge in [-0.2, -0.15) is 0 Å². The third-order valence-electron chi connectivity index (χ3n) is 4.41. The number of carbonyl (C=O) groups is 2. The summed E-state index contributed by atoms with van der Waals surface area (Å²) in [5.41, 5.74) is 1.22. The normalized spacial score (nSPS) is 10.7. The van der Waals surface area contributed by atoms with Gasteiger partial charge in [-0.05, 0) is 56.3 Å². The van der Waals surface area contributed by atoms with Crippen molar-refractivity contribution < 1.29 is 14.3 Å². The molecule has 2 amide bonds. The van der Waals surface area contributed by atoms with E-state index in [0.29, 0.717) is 45.6 Å². The molecule has 2 aromatic carbocycles. The smallest absolute Gasteiger partial charge is 0.234 e. The number of nitrogens with one attached hydrogen (secondary N) is 2. The molecule has 33 heavy (non-hydrogen) atoms. The van der Waals surface area contributed by atoms with E-state index in [9.17, 15) is 9.59 Å². The zero-order valence-electron chi connectivity index (χ0n) is 18.1. The maximum absolute atomic E-state index is 12.4. The number of amides is 2. The average Bonchev–Trinajstić information content (AvgIpc) is 3.17. The molecule has 0 unspecified atom stereocenters. The maximum atomic E-state index is 12.4. The first-order chi connectivity index (χ1) is 15.9. The highest BCUT2D eigenvalue weighted by atomic mass is 35.5. The second-order valence-corrected chi connectivity index (χ2v) is 8.55. The topological polar surface area (TPSA) is 98.1 Å². The first-order valence-corrected chi connectivity index (χ1v) is 12.0. The Morgan fingerprint density at radius 3 is 2.33 bits per heavy atom. The van der Waals surface area contributed by atoms with Crippen molar-refractivity contribution in [2.24, 2.45) is 0 Å². The van der Waals surface area contributed by atoms with Crippen LogP contribution in [0.4, 0.5) is 11.4 Å². The van der Waals surface area contributed by atoms with Gasteiger partial charge in [0.2, 0.25) is 11.8 Å². The Labute approximate surface area is 206 Å². The fourth-order valence-corrected chi connectivity index (χ4v) is 4.04. The van der Waals surface area contributed by atoms with Gasteiger partial charge in [-0.1, -0.05) is 35.0 Å². The minimum absolute atomic E-state index is 0.0278. The highest BCUT2D eigenvalue weighted by Crippen LogP contribution is 2.25. The molecule has 3 rings (SSSR count). The van der Waals surface area contributed by atoms with Crippen LogP contribution in [-0.4, -0.2) is 38.9 Å². The SMILES string of the molecule is CCOc1ccc(NC(=O)CSc2nnc(CC(=O)Nc3ccc(Cl)c(Cl)c3)n2CC)cc1. The van der Waals surface area contributed by atoms with Gasteiger partial charge in [-0.15, -0.1) is 10.2 Å². The van der Waals surface area contributed by atoms with Crippen LogP contribution in [-0.2, 0) is 22.6 Å². The Bertz CT molecular complexity index is 1120. The first-order valence-electron chi connectivity index (χ1n) is 10.2. The number of nitrogens with zero attached hydrogens (tertiary/aromatic N) is 3.